The Morgan fingerprint density at radius 2 is 1.74 bits per heavy atom. The monoisotopic (exact) mass is 480 g/mol. The highest BCUT2D eigenvalue weighted by Gasteiger charge is 2.28. The Kier molecular flexibility index (Phi) is 5.77. The minimum Gasteiger partial charge on any atom is -0.496 e. The molecule has 0 bridgehead atoms. The number of rotatable bonds is 5. The lowest BCUT2D eigenvalue weighted by molar-refractivity contribution is 0.0731. The molecule has 0 aromatic heterocycles. The molecule has 3 aromatic carbocycles. The van der Waals surface area contributed by atoms with E-state index in [4.69, 9.17) is 18.9 Å². The van der Waals surface area contributed by atoms with Gasteiger partial charge in [-0.25, -0.2) is 4.79 Å². The lowest BCUT2D eigenvalue weighted by Gasteiger charge is -2.09. The standard InChI is InChI=1S/C24H17BrO6/c1-28-19-10-7-15(25)11-14(19)12-22-23(26)17-9-8-16(13-21(17)31-22)30-24(27)18-5-3-4-6-20(18)29-2/h3-13H,1-2H3. The van der Waals surface area contributed by atoms with Crippen LogP contribution in [0.5, 0.6) is 23.0 Å². The van der Waals surface area contributed by atoms with Crippen molar-refractivity contribution in [3.63, 3.8) is 0 Å². The van der Waals surface area contributed by atoms with E-state index in [0.717, 1.165) is 4.47 Å². The molecule has 0 aliphatic carbocycles. The molecule has 0 spiro atoms. The van der Waals surface area contributed by atoms with Crippen LogP contribution >= 0.6 is 15.9 Å². The van der Waals surface area contributed by atoms with Gasteiger partial charge in [0.1, 0.15) is 28.6 Å². The summed E-state index contributed by atoms with van der Waals surface area (Å²) in [6.07, 6.45) is 1.62. The first-order chi connectivity index (χ1) is 15.0. The van der Waals surface area contributed by atoms with Crippen LogP contribution in [-0.4, -0.2) is 26.0 Å². The van der Waals surface area contributed by atoms with E-state index in [-0.39, 0.29) is 17.3 Å². The average molecular weight is 481 g/mol. The third kappa shape index (κ3) is 4.18. The highest BCUT2D eigenvalue weighted by Crippen LogP contribution is 2.36. The largest absolute Gasteiger partial charge is 0.496 e. The fraction of sp³-hybridized carbons (Fsp3) is 0.0833. The summed E-state index contributed by atoms with van der Waals surface area (Å²) in [7, 11) is 3.04. The van der Waals surface area contributed by atoms with Crippen molar-refractivity contribution in [3.8, 4) is 23.0 Å². The summed E-state index contributed by atoms with van der Waals surface area (Å²) in [6, 6.07) is 16.9. The molecule has 0 amide bonds. The minimum absolute atomic E-state index is 0.152. The molecule has 156 valence electrons. The molecular weight excluding hydrogens is 464 g/mol. The molecule has 1 heterocycles. The predicted octanol–water partition coefficient (Wildman–Crippen LogP) is 5.30. The average Bonchev–Trinajstić information content (AvgIpc) is 3.08. The summed E-state index contributed by atoms with van der Waals surface area (Å²) in [6.45, 7) is 0. The van der Waals surface area contributed by atoms with Crippen molar-refractivity contribution in [3.05, 3.63) is 87.6 Å². The number of para-hydroxylation sites is 1. The number of hydrogen-bond donors (Lipinski definition) is 0. The van der Waals surface area contributed by atoms with Gasteiger partial charge in [0, 0.05) is 16.1 Å². The van der Waals surface area contributed by atoms with Crippen LogP contribution in [0, 0.1) is 0 Å². The van der Waals surface area contributed by atoms with Crippen LogP contribution in [-0.2, 0) is 0 Å². The summed E-state index contributed by atoms with van der Waals surface area (Å²) >= 11 is 3.41. The third-order valence-electron chi connectivity index (χ3n) is 4.66. The third-order valence-corrected chi connectivity index (χ3v) is 5.15. The van der Waals surface area contributed by atoms with Crippen molar-refractivity contribution in [2.75, 3.05) is 14.2 Å². The quantitative estimate of drug-likeness (QED) is 0.280. The lowest BCUT2D eigenvalue weighted by atomic mass is 10.1. The van der Waals surface area contributed by atoms with Gasteiger partial charge < -0.3 is 18.9 Å². The normalized spacial score (nSPS) is 13.5. The molecule has 31 heavy (non-hydrogen) atoms. The van der Waals surface area contributed by atoms with Gasteiger partial charge in [-0.15, -0.1) is 0 Å². The van der Waals surface area contributed by atoms with E-state index >= 15 is 0 Å². The van der Waals surface area contributed by atoms with Crippen LogP contribution in [0.4, 0.5) is 0 Å². The predicted molar refractivity (Wildman–Crippen MR) is 118 cm³/mol. The summed E-state index contributed by atoms with van der Waals surface area (Å²) in [5.74, 6) is 0.901. The Balaban J connectivity index is 1.59. The number of carbonyl (C=O) groups is 2. The second-order valence-corrected chi connectivity index (χ2v) is 7.49. The first kappa shape index (κ1) is 20.7. The number of ether oxygens (including phenoxy) is 4. The topological polar surface area (TPSA) is 71.1 Å². The SMILES string of the molecule is COc1ccc(Br)cc1C=C1Oc2cc(OC(=O)c3ccccc3OC)ccc2C1=O. The van der Waals surface area contributed by atoms with Crippen LogP contribution in [0.1, 0.15) is 26.3 Å². The van der Waals surface area contributed by atoms with Crippen LogP contribution in [0.2, 0.25) is 0 Å². The number of Topliss-reactive ketones (excluding diaryl/α,β-unsaturated/α-hetero) is 1. The molecule has 0 N–H and O–H groups in total. The van der Waals surface area contributed by atoms with Crippen molar-refractivity contribution in [2.45, 2.75) is 0 Å². The van der Waals surface area contributed by atoms with E-state index in [9.17, 15) is 9.59 Å². The fourth-order valence-corrected chi connectivity index (χ4v) is 3.54. The first-order valence-corrected chi connectivity index (χ1v) is 10.1. The Morgan fingerprint density at radius 1 is 0.968 bits per heavy atom. The summed E-state index contributed by atoms with van der Waals surface area (Å²) in [4.78, 5) is 25.3. The smallest absolute Gasteiger partial charge is 0.347 e. The number of carbonyl (C=O) groups excluding carboxylic acids is 2. The number of ketones is 1. The zero-order chi connectivity index (χ0) is 22.0. The summed E-state index contributed by atoms with van der Waals surface area (Å²) in [5.41, 5.74) is 1.37. The van der Waals surface area contributed by atoms with E-state index in [1.165, 1.54) is 13.2 Å². The molecule has 1 aliphatic heterocycles. The summed E-state index contributed by atoms with van der Waals surface area (Å²) in [5, 5.41) is 0. The molecule has 0 saturated heterocycles. The van der Waals surface area contributed by atoms with E-state index in [0.29, 0.717) is 33.9 Å². The van der Waals surface area contributed by atoms with Gasteiger partial charge >= 0.3 is 5.97 Å². The number of halogens is 1. The van der Waals surface area contributed by atoms with Crippen molar-refractivity contribution in [1.29, 1.82) is 0 Å². The Morgan fingerprint density at radius 3 is 2.52 bits per heavy atom. The molecule has 0 unspecified atom stereocenters. The molecule has 4 rings (SSSR count). The second kappa shape index (κ2) is 8.65. The summed E-state index contributed by atoms with van der Waals surface area (Å²) < 4.78 is 22.6. The van der Waals surface area contributed by atoms with Crippen molar-refractivity contribution in [2.24, 2.45) is 0 Å². The van der Waals surface area contributed by atoms with E-state index < -0.39 is 5.97 Å². The van der Waals surface area contributed by atoms with Gasteiger partial charge in [-0.3, -0.25) is 4.79 Å². The number of methoxy groups -OCH3 is 2. The Labute approximate surface area is 187 Å². The van der Waals surface area contributed by atoms with Crippen molar-refractivity contribution >= 4 is 33.8 Å². The van der Waals surface area contributed by atoms with Crippen molar-refractivity contribution in [1.82, 2.24) is 0 Å². The minimum atomic E-state index is -0.573. The molecule has 7 heteroatoms. The van der Waals surface area contributed by atoms with Crippen LogP contribution in [0.3, 0.4) is 0 Å². The highest BCUT2D eigenvalue weighted by molar-refractivity contribution is 9.10. The van der Waals surface area contributed by atoms with E-state index in [1.807, 2.05) is 12.1 Å². The Hall–Kier alpha value is -3.58. The van der Waals surface area contributed by atoms with Gasteiger partial charge in [0.15, 0.2) is 5.76 Å². The van der Waals surface area contributed by atoms with Crippen molar-refractivity contribution < 1.29 is 28.5 Å². The molecular formula is C24H17BrO6. The molecule has 0 radical (unpaired) electrons. The van der Waals surface area contributed by atoms with Gasteiger partial charge in [0.25, 0.3) is 0 Å². The zero-order valence-electron chi connectivity index (χ0n) is 16.7. The second-order valence-electron chi connectivity index (χ2n) is 6.57. The number of benzene rings is 3. The van der Waals surface area contributed by atoms with Crippen LogP contribution in [0.15, 0.2) is 70.9 Å². The van der Waals surface area contributed by atoms with E-state index in [2.05, 4.69) is 15.9 Å². The number of hydrogen-bond acceptors (Lipinski definition) is 6. The fourth-order valence-electron chi connectivity index (χ4n) is 3.17. The van der Waals surface area contributed by atoms with Gasteiger partial charge in [0.05, 0.1) is 19.8 Å². The number of esters is 1. The maximum atomic E-state index is 12.8. The highest BCUT2D eigenvalue weighted by atomic mass is 79.9. The van der Waals surface area contributed by atoms with Crippen LogP contribution in [0.25, 0.3) is 6.08 Å². The molecule has 6 nitrogen and oxygen atoms in total. The van der Waals surface area contributed by atoms with Crippen LogP contribution < -0.4 is 18.9 Å². The first-order valence-electron chi connectivity index (χ1n) is 9.27. The molecule has 0 atom stereocenters. The van der Waals surface area contributed by atoms with Gasteiger partial charge in [-0.05, 0) is 48.5 Å². The van der Waals surface area contributed by atoms with E-state index in [1.54, 1.807) is 55.7 Å². The maximum Gasteiger partial charge on any atom is 0.347 e. The lowest BCUT2D eigenvalue weighted by Crippen LogP contribution is -2.10. The Bertz CT molecular complexity index is 1210. The molecule has 1 aliphatic rings. The number of fused-ring (bicyclic) bond motifs is 1. The molecule has 0 fully saturated rings. The molecule has 3 aromatic rings. The molecule has 0 saturated carbocycles. The van der Waals surface area contributed by atoms with Gasteiger partial charge in [-0.2, -0.15) is 0 Å². The maximum absolute atomic E-state index is 12.8. The van der Waals surface area contributed by atoms with Gasteiger partial charge in [0.2, 0.25) is 5.78 Å². The zero-order valence-corrected chi connectivity index (χ0v) is 18.3. The number of allylic oxidation sites excluding steroid dienone is 1. The van der Waals surface area contributed by atoms with Gasteiger partial charge in [-0.1, -0.05) is 28.1 Å².